The van der Waals surface area contributed by atoms with Crippen molar-refractivity contribution in [3.63, 3.8) is 0 Å². The molecule has 5 rings (SSSR count). The first-order chi connectivity index (χ1) is 16.6. The van der Waals surface area contributed by atoms with Crippen molar-refractivity contribution < 1.29 is 23.0 Å². The van der Waals surface area contributed by atoms with Gasteiger partial charge in [0.1, 0.15) is 0 Å². The molecule has 0 atom stereocenters. The molecule has 4 aromatic rings. The molecule has 1 aliphatic rings. The molecule has 4 aromatic carbocycles. The molecule has 34 heavy (non-hydrogen) atoms. The van der Waals surface area contributed by atoms with E-state index in [1.165, 1.54) is 98.3 Å². The van der Waals surface area contributed by atoms with Gasteiger partial charge in [0, 0.05) is 0 Å². The number of hydrogen-bond donors (Lipinski definition) is 0. The summed E-state index contributed by atoms with van der Waals surface area (Å²) in [4.78, 5) is 0. The summed E-state index contributed by atoms with van der Waals surface area (Å²) in [5.74, 6) is 2.24. The van der Waals surface area contributed by atoms with Crippen LogP contribution in [0.25, 0.3) is 21.5 Å². The van der Waals surface area contributed by atoms with E-state index >= 15 is 0 Å². The molecule has 0 nitrogen and oxygen atoms in total. The molecular formula is C32H40HfSi. The molecule has 0 aromatic heterocycles. The molecule has 0 N–H and O–H groups in total. The second kappa shape index (κ2) is 14.2. The summed E-state index contributed by atoms with van der Waals surface area (Å²) in [6.07, 6.45) is 10.5. The van der Waals surface area contributed by atoms with Crippen molar-refractivity contribution in [2.24, 2.45) is 5.92 Å². The van der Waals surface area contributed by atoms with Gasteiger partial charge in [0.2, 0.25) is 0 Å². The molecule has 176 valence electrons. The van der Waals surface area contributed by atoms with Crippen molar-refractivity contribution in [1.29, 1.82) is 0 Å². The molecule has 0 saturated heterocycles. The Labute approximate surface area is 222 Å². The second-order valence-electron chi connectivity index (χ2n) is 9.34. The van der Waals surface area contributed by atoms with Crippen LogP contribution in [0.3, 0.4) is 0 Å². The van der Waals surface area contributed by atoms with Crippen molar-refractivity contribution in [1.82, 2.24) is 0 Å². The summed E-state index contributed by atoms with van der Waals surface area (Å²) in [7, 11) is 0. The van der Waals surface area contributed by atoms with Gasteiger partial charge in [0.15, 0.2) is 0 Å². The van der Waals surface area contributed by atoms with Crippen LogP contribution in [0.4, 0.5) is 0 Å². The molecule has 1 fully saturated rings. The van der Waals surface area contributed by atoms with Crippen LogP contribution in [0.2, 0.25) is 0 Å². The Balaban J connectivity index is 0.000000148. The summed E-state index contributed by atoms with van der Waals surface area (Å²) >= 11 is 1.40. The van der Waals surface area contributed by atoms with Crippen molar-refractivity contribution in [3.8, 4) is 0 Å². The molecular weight excluding hydrogens is 591 g/mol. The molecule has 1 aliphatic carbocycles. The summed E-state index contributed by atoms with van der Waals surface area (Å²) < 4.78 is 0. The first kappa shape index (κ1) is 27.2. The Hall–Kier alpha value is -1.38. The molecule has 1 saturated carbocycles. The normalized spacial score (nSPS) is 13.2. The zero-order valence-electron chi connectivity index (χ0n) is 21.6. The van der Waals surface area contributed by atoms with E-state index in [-0.39, 0.29) is 0 Å². The molecule has 0 unspecified atom stereocenters. The fraction of sp³-hybridized carbons (Fsp3) is 0.406. The maximum atomic E-state index is 2.55. The van der Waals surface area contributed by atoms with Gasteiger partial charge in [-0.3, -0.25) is 0 Å². The third-order valence-corrected chi connectivity index (χ3v) is 9.53. The summed E-state index contributed by atoms with van der Waals surface area (Å²) in [6.45, 7) is 8.85. The molecule has 0 aliphatic heterocycles. The predicted octanol–water partition coefficient (Wildman–Crippen LogP) is 8.51. The van der Waals surface area contributed by atoms with E-state index in [0.717, 1.165) is 31.6 Å². The fourth-order valence-electron chi connectivity index (χ4n) is 4.99. The van der Waals surface area contributed by atoms with Crippen molar-refractivity contribution >= 4 is 33.0 Å². The van der Waals surface area contributed by atoms with Gasteiger partial charge >= 0.3 is 66.1 Å². The number of fused-ring (bicyclic) bond motifs is 2. The van der Waals surface area contributed by atoms with E-state index in [2.05, 4.69) is 94.0 Å². The average Bonchev–Trinajstić information content (AvgIpc) is 3.63. The monoisotopic (exact) mass is 632 g/mol. The number of aryl methyl sites for hydroxylation is 4. The van der Waals surface area contributed by atoms with Gasteiger partial charge in [-0.15, -0.1) is 69.1 Å². The predicted molar refractivity (Wildman–Crippen MR) is 150 cm³/mol. The van der Waals surface area contributed by atoms with Crippen molar-refractivity contribution in [3.05, 3.63) is 82.9 Å². The second-order valence-corrected chi connectivity index (χ2v) is 13.1. The SMILES string of the molecule is CCc1cc2c(CC)cccc2[cH-]1.CCc1cc2c(CC)cccc2[cH-]1.[Hf+2]=[Si]=CC1CCCC1. The van der Waals surface area contributed by atoms with Gasteiger partial charge < -0.3 is 0 Å². The van der Waals surface area contributed by atoms with E-state index in [9.17, 15) is 0 Å². The van der Waals surface area contributed by atoms with E-state index < -0.39 is 0 Å². The van der Waals surface area contributed by atoms with Crippen LogP contribution in [0, 0.1) is 5.92 Å². The average molecular weight is 631 g/mol. The standard InChI is InChI=1S/2C13H15.C6H10Si.Hf/c2*1-3-10-8-12-7-5-6-11(4-2)13(12)9-10;7-5-6-3-1-2-4-6;/h2*5-9H,3-4H2,1-2H3;5-6H,1-4H2;/q2*-1;;+2. The molecule has 0 amide bonds. The van der Waals surface area contributed by atoms with Crippen molar-refractivity contribution in [2.75, 3.05) is 0 Å². The third-order valence-electron chi connectivity index (χ3n) is 7.10. The van der Waals surface area contributed by atoms with Crippen molar-refractivity contribution in [2.45, 2.75) is 79.1 Å². The van der Waals surface area contributed by atoms with E-state index in [1.54, 1.807) is 0 Å². The van der Waals surface area contributed by atoms with Crippen LogP contribution in [0.1, 0.15) is 75.6 Å². The molecule has 0 heterocycles. The van der Waals surface area contributed by atoms with Gasteiger partial charge in [0.05, 0.1) is 0 Å². The van der Waals surface area contributed by atoms with Crippen LogP contribution in [0.5, 0.6) is 0 Å². The van der Waals surface area contributed by atoms with Gasteiger partial charge in [-0.1, -0.05) is 51.0 Å². The number of benzene rings is 2. The first-order valence-corrected chi connectivity index (χ1v) is 19.7. The Morgan fingerprint density at radius 3 is 1.62 bits per heavy atom. The molecule has 0 bridgehead atoms. The van der Waals surface area contributed by atoms with Crippen LogP contribution in [-0.2, 0) is 48.7 Å². The Morgan fingerprint density at radius 1 is 0.765 bits per heavy atom. The molecule has 2 heteroatoms. The third kappa shape index (κ3) is 7.31. The van der Waals surface area contributed by atoms with E-state index in [0.29, 0.717) is 0 Å². The summed E-state index contributed by atoms with van der Waals surface area (Å²) in [5.41, 5.74) is 8.40. The summed E-state index contributed by atoms with van der Waals surface area (Å²) in [6, 6.07) is 22.4. The van der Waals surface area contributed by atoms with Gasteiger partial charge in [0.25, 0.3) is 0 Å². The molecule has 0 radical (unpaired) electrons. The van der Waals surface area contributed by atoms with Gasteiger partial charge in [-0.25, -0.2) is 0 Å². The minimum atomic E-state index is 1.03. The van der Waals surface area contributed by atoms with Gasteiger partial charge in [-0.05, 0) is 25.7 Å². The Morgan fingerprint density at radius 2 is 1.24 bits per heavy atom. The Bertz CT molecular complexity index is 1130. The van der Waals surface area contributed by atoms with Crippen LogP contribution < -0.4 is 0 Å². The first-order valence-electron chi connectivity index (χ1n) is 13.2. The van der Waals surface area contributed by atoms with Crippen LogP contribution in [0.15, 0.2) is 60.7 Å². The zero-order valence-corrected chi connectivity index (χ0v) is 26.2. The fourth-order valence-corrected chi connectivity index (χ4v) is 8.10. The Kier molecular flexibility index (Phi) is 11.4. The zero-order chi connectivity index (χ0) is 24.3. The minimum absolute atomic E-state index is 1.03. The maximum absolute atomic E-state index is 2.55. The van der Waals surface area contributed by atoms with Crippen LogP contribution in [-0.4, -0.2) is 11.5 Å². The van der Waals surface area contributed by atoms with E-state index in [4.69, 9.17) is 0 Å². The van der Waals surface area contributed by atoms with E-state index in [1.807, 2.05) is 0 Å². The number of rotatable bonds is 5. The molecule has 0 spiro atoms. The topological polar surface area (TPSA) is 0 Å². The van der Waals surface area contributed by atoms with Gasteiger partial charge in [-0.2, -0.15) is 12.1 Å². The number of hydrogen-bond acceptors (Lipinski definition) is 0. The summed E-state index contributed by atoms with van der Waals surface area (Å²) in [5, 5.41) is 5.69. The quantitative estimate of drug-likeness (QED) is 0.153. The van der Waals surface area contributed by atoms with Crippen LogP contribution >= 0.6 is 0 Å².